The topological polar surface area (TPSA) is 101 Å². The lowest BCUT2D eigenvalue weighted by Crippen LogP contribution is -2.36. The van der Waals surface area contributed by atoms with Gasteiger partial charge in [-0.15, -0.1) is 5.48 Å². The van der Waals surface area contributed by atoms with Gasteiger partial charge in [0.15, 0.2) is 0 Å². The minimum atomic E-state index is -0.436. The van der Waals surface area contributed by atoms with Crippen LogP contribution in [0, 0.1) is 6.92 Å². The highest BCUT2D eigenvalue weighted by Gasteiger charge is 2.38. The van der Waals surface area contributed by atoms with Crippen LogP contribution in [0.3, 0.4) is 0 Å². The van der Waals surface area contributed by atoms with Gasteiger partial charge >= 0.3 is 12.0 Å². The summed E-state index contributed by atoms with van der Waals surface area (Å²) in [6.45, 7) is 3.98. The summed E-state index contributed by atoms with van der Waals surface area (Å²) in [4.78, 5) is 24.3. The van der Waals surface area contributed by atoms with Gasteiger partial charge in [0.05, 0.1) is 17.9 Å². The summed E-state index contributed by atoms with van der Waals surface area (Å²) in [6.07, 6.45) is -0.436. The van der Waals surface area contributed by atoms with E-state index in [0.29, 0.717) is 22.9 Å². The van der Waals surface area contributed by atoms with Crippen molar-refractivity contribution >= 4 is 35.0 Å². The fraction of sp³-hybridized carbons (Fsp3) is 0.222. The van der Waals surface area contributed by atoms with Gasteiger partial charge in [-0.1, -0.05) is 22.8 Å². The first-order valence-corrected chi connectivity index (χ1v) is 9.00. The van der Waals surface area contributed by atoms with E-state index in [2.05, 4.69) is 16.2 Å². The number of carbonyl (C=O) groups excluding carboxylic acids is 1. The van der Waals surface area contributed by atoms with Gasteiger partial charge in [-0.05, 0) is 61.4 Å². The molecule has 2 aliphatic rings. The average molecular weight is 404 g/mol. The summed E-state index contributed by atoms with van der Waals surface area (Å²) in [5.74, 6) is -0.375. The molecule has 0 aromatic heterocycles. The smallest absolute Gasteiger partial charge is 0.340 e. The maximum atomic E-state index is 11.8. The van der Waals surface area contributed by atoms with E-state index in [1.54, 1.807) is 42.2 Å². The predicted molar refractivity (Wildman–Crippen MR) is 103 cm³/mol. The van der Waals surface area contributed by atoms with Crippen molar-refractivity contribution in [3.8, 4) is 0 Å². The van der Waals surface area contributed by atoms with Crippen molar-refractivity contribution in [3.05, 3.63) is 58.6 Å². The number of hydrazone groups is 1. The van der Waals surface area contributed by atoms with E-state index in [1.165, 1.54) is 5.12 Å². The molecular weight excluding hydrogens is 386 g/mol. The van der Waals surface area contributed by atoms with E-state index in [1.807, 2.05) is 19.1 Å². The van der Waals surface area contributed by atoms with Crippen LogP contribution in [-0.4, -0.2) is 24.9 Å². The Hall–Kier alpha value is -2.85. The van der Waals surface area contributed by atoms with Gasteiger partial charge in [0.25, 0.3) is 0 Å². The Kier molecular flexibility index (Phi) is 5.05. The molecule has 2 aliphatic heterocycles. The Morgan fingerprint density at radius 3 is 2.75 bits per heavy atom. The maximum absolute atomic E-state index is 11.8. The second kappa shape index (κ2) is 7.64. The third kappa shape index (κ3) is 3.60. The zero-order chi connectivity index (χ0) is 19.7. The summed E-state index contributed by atoms with van der Waals surface area (Å²) in [7, 11) is 0. The molecule has 0 aliphatic carbocycles. The van der Waals surface area contributed by atoms with Crippen molar-refractivity contribution < 1.29 is 19.2 Å². The van der Waals surface area contributed by atoms with Crippen LogP contribution >= 0.6 is 11.6 Å². The van der Waals surface area contributed by atoms with Crippen molar-refractivity contribution in [2.24, 2.45) is 5.10 Å². The summed E-state index contributed by atoms with van der Waals surface area (Å²) in [5, 5.41) is 6.57. The van der Waals surface area contributed by atoms with E-state index in [0.717, 1.165) is 11.3 Å². The summed E-state index contributed by atoms with van der Waals surface area (Å²) >= 11 is 6.19. The number of carbonyl (C=O) groups is 1. The molecule has 0 saturated carbocycles. The molecule has 1 atom stereocenters. The molecule has 146 valence electrons. The van der Waals surface area contributed by atoms with Crippen LogP contribution in [0.15, 0.2) is 47.6 Å². The standard InChI is InChI=1S/C18H18ClN5O4/c1-3-26-16(25)12-7-9-13(10-8-12)23(18-21-27-18)17-20-24(22-28-17)15-6-4-5-14(19)11(15)2/h4-10,18,21-22H,3H2,1-2H3. The van der Waals surface area contributed by atoms with Gasteiger partial charge in [-0.3, -0.25) is 9.74 Å². The monoisotopic (exact) mass is 403 g/mol. The lowest BCUT2D eigenvalue weighted by atomic mass is 10.2. The number of hydroxylamine groups is 1. The number of hydrazine groups is 1. The van der Waals surface area contributed by atoms with Crippen molar-refractivity contribution in [1.82, 2.24) is 11.1 Å². The van der Waals surface area contributed by atoms with Crippen molar-refractivity contribution in [2.45, 2.75) is 20.2 Å². The van der Waals surface area contributed by atoms with E-state index in [4.69, 9.17) is 26.0 Å². The normalized spacial score (nSPS) is 17.8. The van der Waals surface area contributed by atoms with Gasteiger partial charge < -0.3 is 9.57 Å². The van der Waals surface area contributed by atoms with Gasteiger partial charge in [-0.2, -0.15) is 5.12 Å². The largest absolute Gasteiger partial charge is 0.462 e. The Bertz CT molecular complexity index is 917. The third-order valence-electron chi connectivity index (χ3n) is 4.20. The summed E-state index contributed by atoms with van der Waals surface area (Å²) in [5.41, 5.74) is 8.28. The molecule has 2 aromatic rings. The SMILES string of the molecule is CCOC(=O)c1ccc(N(C2=NN(c3cccc(Cl)c3C)NO2)C2NO2)cc1. The third-order valence-corrected chi connectivity index (χ3v) is 4.61. The molecule has 2 heterocycles. The molecule has 10 heteroatoms. The van der Waals surface area contributed by atoms with Crippen LogP contribution in [0.5, 0.6) is 0 Å². The van der Waals surface area contributed by atoms with Gasteiger partial charge in [0.2, 0.25) is 6.35 Å². The molecule has 4 rings (SSSR count). The lowest BCUT2D eigenvalue weighted by Gasteiger charge is -2.18. The maximum Gasteiger partial charge on any atom is 0.340 e. The fourth-order valence-corrected chi connectivity index (χ4v) is 2.86. The minimum absolute atomic E-state index is 0.262. The number of benzene rings is 2. The summed E-state index contributed by atoms with van der Waals surface area (Å²) in [6, 6.07) is 12.6. The van der Waals surface area contributed by atoms with Crippen molar-refractivity contribution in [3.63, 3.8) is 0 Å². The first kappa shape index (κ1) is 18.5. The number of rotatable bonds is 5. The van der Waals surface area contributed by atoms with Gasteiger partial charge in [0.1, 0.15) is 0 Å². The second-order valence-electron chi connectivity index (χ2n) is 6.00. The van der Waals surface area contributed by atoms with E-state index in [9.17, 15) is 4.79 Å². The number of nitrogens with one attached hydrogen (secondary N) is 2. The number of amidine groups is 1. The highest BCUT2D eigenvalue weighted by Crippen LogP contribution is 2.29. The fourth-order valence-electron chi connectivity index (χ4n) is 2.69. The van der Waals surface area contributed by atoms with Gasteiger partial charge in [0, 0.05) is 10.7 Å². The molecule has 9 nitrogen and oxygen atoms in total. The molecule has 1 saturated heterocycles. The number of hydrogen-bond acceptors (Lipinski definition) is 9. The predicted octanol–water partition coefficient (Wildman–Crippen LogP) is 2.68. The Morgan fingerprint density at radius 1 is 1.32 bits per heavy atom. The Labute approximate surface area is 166 Å². The molecule has 28 heavy (non-hydrogen) atoms. The first-order valence-electron chi connectivity index (χ1n) is 8.62. The molecule has 2 aromatic carbocycles. The van der Waals surface area contributed by atoms with Crippen LogP contribution in [0.4, 0.5) is 11.4 Å². The second-order valence-corrected chi connectivity index (χ2v) is 6.40. The van der Waals surface area contributed by atoms with Crippen LogP contribution in [0.25, 0.3) is 0 Å². The van der Waals surface area contributed by atoms with Crippen LogP contribution < -0.4 is 21.1 Å². The molecule has 0 spiro atoms. The van der Waals surface area contributed by atoms with E-state index in [-0.39, 0.29) is 12.0 Å². The quantitative estimate of drug-likeness (QED) is 0.580. The number of nitrogens with zero attached hydrogens (tertiary/aromatic N) is 3. The number of anilines is 2. The molecular formula is C18H18ClN5O4. The highest BCUT2D eigenvalue weighted by molar-refractivity contribution is 6.31. The molecule has 1 fully saturated rings. The van der Waals surface area contributed by atoms with E-state index >= 15 is 0 Å². The van der Waals surface area contributed by atoms with Crippen LogP contribution in [0.2, 0.25) is 5.02 Å². The number of halogens is 1. The molecule has 0 amide bonds. The van der Waals surface area contributed by atoms with Crippen LogP contribution in [0.1, 0.15) is 22.8 Å². The van der Waals surface area contributed by atoms with Crippen molar-refractivity contribution in [1.29, 1.82) is 0 Å². The molecule has 0 bridgehead atoms. The zero-order valence-electron chi connectivity index (χ0n) is 15.2. The van der Waals surface area contributed by atoms with Gasteiger partial charge in [-0.25, -0.2) is 4.79 Å². The number of hydrogen-bond donors (Lipinski definition) is 2. The van der Waals surface area contributed by atoms with Crippen LogP contribution in [-0.2, 0) is 14.4 Å². The molecule has 1 unspecified atom stereocenters. The Morgan fingerprint density at radius 2 is 2.07 bits per heavy atom. The van der Waals surface area contributed by atoms with Crippen molar-refractivity contribution in [2.75, 3.05) is 16.6 Å². The number of ether oxygens (including phenoxy) is 1. The Balaban J connectivity index is 1.59. The number of esters is 1. The minimum Gasteiger partial charge on any atom is -0.462 e. The average Bonchev–Trinajstić information content (AvgIpc) is 3.41. The first-order chi connectivity index (χ1) is 13.6. The summed E-state index contributed by atoms with van der Waals surface area (Å²) < 4.78 is 5.01. The van der Waals surface area contributed by atoms with E-state index < -0.39 is 6.35 Å². The highest BCUT2D eigenvalue weighted by atomic mass is 35.5. The lowest BCUT2D eigenvalue weighted by molar-refractivity contribution is 0.0526. The molecule has 2 N–H and O–H groups in total. The molecule has 0 radical (unpaired) electrons. The zero-order valence-corrected chi connectivity index (χ0v) is 15.9.